The molecule has 3 nitrogen and oxygen atoms in total. The van der Waals surface area contributed by atoms with E-state index in [2.05, 4.69) is 33.8 Å². The number of allylic oxidation sites excluding steroid dienone is 2. The third kappa shape index (κ3) is 2.51. The summed E-state index contributed by atoms with van der Waals surface area (Å²) in [5, 5.41) is 0. The van der Waals surface area contributed by atoms with Crippen LogP contribution in [0.25, 0.3) is 0 Å². The summed E-state index contributed by atoms with van der Waals surface area (Å²) in [5.41, 5.74) is 0.220. The van der Waals surface area contributed by atoms with Gasteiger partial charge in [0.25, 0.3) is 0 Å². The van der Waals surface area contributed by atoms with E-state index in [9.17, 15) is 9.59 Å². The Hall–Kier alpha value is -0.960. The zero-order valence-corrected chi connectivity index (χ0v) is 15.9. The first kappa shape index (κ1) is 17.8. The van der Waals surface area contributed by atoms with Crippen LogP contribution in [0.1, 0.15) is 73.1 Å². The smallest absolute Gasteiger partial charge is 0.171 e. The van der Waals surface area contributed by atoms with E-state index in [1.807, 2.05) is 6.92 Å². The van der Waals surface area contributed by atoms with Crippen LogP contribution in [-0.2, 0) is 14.3 Å². The average molecular weight is 332 g/mol. The number of Topliss-reactive ketones (excluding diaryl/α,β-unsaturated/α-hetero) is 1. The molecule has 1 saturated carbocycles. The van der Waals surface area contributed by atoms with Gasteiger partial charge in [-0.05, 0) is 70.6 Å². The molecule has 0 aromatic heterocycles. The molecule has 0 aromatic carbocycles. The van der Waals surface area contributed by atoms with Gasteiger partial charge in [0.1, 0.15) is 11.9 Å². The van der Waals surface area contributed by atoms with Crippen molar-refractivity contribution in [2.24, 2.45) is 23.2 Å². The van der Waals surface area contributed by atoms with Gasteiger partial charge < -0.3 is 9.53 Å². The van der Waals surface area contributed by atoms with Crippen molar-refractivity contribution >= 4 is 12.1 Å². The fraction of sp³-hybridized carbons (Fsp3) is 0.810. The molecule has 0 unspecified atom stereocenters. The van der Waals surface area contributed by atoms with Gasteiger partial charge in [-0.2, -0.15) is 0 Å². The lowest BCUT2D eigenvalue weighted by molar-refractivity contribution is -0.140. The Bertz CT molecular complexity index is 580. The van der Waals surface area contributed by atoms with Crippen LogP contribution in [0, 0.1) is 23.2 Å². The normalized spacial score (nSPS) is 51.5. The quantitative estimate of drug-likeness (QED) is 0.404. The van der Waals surface area contributed by atoms with Gasteiger partial charge in [0.15, 0.2) is 11.4 Å². The number of fused-ring (bicyclic) bond motifs is 3. The van der Waals surface area contributed by atoms with Gasteiger partial charge in [-0.25, -0.2) is 0 Å². The number of hydrogen-bond donors (Lipinski definition) is 0. The molecule has 1 saturated heterocycles. The van der Waals surface area contributed by atoms with E-state index < -0.39 is 5.60 Å². The summed E-state index contributed by atoms with van der Waals surface area (Å²) in [6.45, 7) is 10.7. The van der Waals surface area contributed by atoms with Crippen LogP contribution >= 0.6 is 0 Å². The third-order valence-corrected chi connectivity index (χ3v) is 7.75. The number of epoxide rings is 1. The molecule has 2 bridgehead atoms. The van der Waals surface area contributed by atoms with E-state index in [-0.39, 0.29) is 28.6 Å². The third-order valence-electron chi connectivity index (χ3n) is 7.75. The molecule has 0 radical (unpaired) electrons. The number of carbonyl (C=O) groups is 2. The topological polar surface area (TPSA) is 46.7 Å². The summed E-state index contributed by atoms with van der Waals surface area (Å²) >= 11 is 0. The largest absolute Gasteiger partial charge is 0.355 e. The van der Waals surface area contributed by atoms with E-state index in [1.54, 1.807) is 0 Å². The molecule has 6 atom stereocenters. The Morgan fingerprint density at radius 1 is 1.21 bits per heavy atom. The molecule has 3 heteroatoms. The highest BCUT2D eigenvalue weighted by molar-refractivity contribution is 5.95. The van der Waals surface area contributed by atoms with Gasteiger partial charge in [0, 0.05) is 11.8 Å². The molecule has 2 aliphatic carbocycles. The molecule has 0 N–H and O–H groups in total. The van der Waals surface area contributed by atoms with Crippen LogP contribution < -0.4 is 0 Å². The second-order valence-corrected chi connectivity index (χ2v) is 9.07. The first-order valence-corrected chi connectivity index (χ1v) is 9.53. The maximum absolute atomic E-state index is 13.3. The van der Waals surface area contributed by atoms with Crippen molar-refractivity contribution in [1.29, 1.82) is 0 Å². The minimum Gasteiger partial charge on any atom is -0.355 e. The van der Waals surface area contributed by atoms with Crippen LogP contribution in [0.5, 0.6) is 0 Å². The molecule has 3 aliphatic rings. The molecule has 0 spiro atoms. The summed E-state index contributed by atoms with van der Waals surface area (Å²) < 4.78 is 6.00. The molecule has 2 fully saturated rings. The molecule has 3 rings (SSSR count). The van der Waals surface area contributed by atoms with Crippen molar-refractivity contribution in [3.63, 3.8) is 0 Å². The van der Waals surface area contributed by atoms with Crippen LogP contribution in [0.3, 0.4) is 0 Å². The van der Waals surface area contributed by atoms with Crippen molar-refractivity contribution in [2.45, 2.75) is 84.3 Å². The monoisotopic (exact) mass is 332 g/mol. The fourth-order valence-corrected chi connectivity index (χ4v) is 5.23. The van der Waals surface area contributed by atoms with Crippen molar-refractivity contribution < 1.29 is 14.3 Å². The van der Waals surface area contributed by atoms with Crippen molar-refractivity contribution in [3.05, 3.63) is 11.6 Å². The van der Waals surface area contributed by atoms with E-state index in [1.165, 1.54) is 5.57 Å². The van der Waals surface area contributed by atoms with Crippen molar-refractivity contribution in [1.82, 2.24) is 0 Å². The van der Waals surface area contributed by atoms with Gasteiger partial charge in [-0.15, -0.1) is 0 Å². The number of rotatable bonds is 1. The van der Waals surface area contributed by atoms with Gasteiger partial charge in [0.2, 0.25) is 0 Å². The Balaban J connectivity index is 2.02. The number of aldehydes is 1. The van der Waals surface area contributed by atoms with Gasteiger partial charge in [-0.1, -0.05) is 25.5 Å². The van der Waals surface area contributed by atoms with Crippen LogP contribution in [0.15, 0.2) is 11.6 Å². The highest BCUT2D eigenvalue weighted by Gasteiger charge is 2.69. The fourth-order valence-electron chi connectivity index (χ4n) is 5.23. The number of carbonyl (C=O) groups excluding carboxylic acids is 2. The highest BCUT2D eigenvalue weighted by atomic mass is 16.6. The highest BCUT2D eigenvalue weighted by Crippen LogP contribution is 2.57. The zero-order valence-electron chi connectivity index (χ0n) is 15.9. The minimum atomic E-state index is -0.707. The maximum Gasteiger partial charge on any atom is 0.171 e. The molecule has 134 valence electrons. The first-order chi connectivity index (χ1) is 11.2. The van der Waals surface area contributed by atoms with Crippen LogP contribution in [0.2, 0.25) is 0 Å². The molecule has 0 amide bonds. The lowest BCUT2D eigenvalue weighted by atomic mass is 9.54. The predicted octanol–water partition coefficient (Wildman–Crippen LogP) is 4.49. The Labute approximate surface area is 146 Å². The van der Waals surface area contributed by atoms with Crippen LogP contribution in [-0.4, -0.2) is 23.3 Å². The molecule has 0 aromatic rings. The Morgan fingerprint density at radius 3 is 2.58 bits per heavy atom. The second kappa shape index (κ2) is 5.79. The summed E-state index contributed by atoms with van der Waals surface area (Å²) in [5.74, 6) is 0.263. The van der Waals surface area contributed by atoms with E-state index in [0.29, 0.717) is 5.92 Å². The molecule has 24 heavy (non-hydrogen) atoms. The minimum absolute atomic E-state index is 0.101. The summed E-state index contributed by atoms with van der Waals surface area (Å²) in [4.78, 5) is 25.4. The summed E-state index contributed by atoms with van der Waals surface area (Å²) in [6, 6.07) is 0. The molecular weight excluding hydrogens is 300 g/mol. The van der Waals surface area contributed by atoms with Crippen molar-refractivity contribution in [2.75, 3.05) is 0 Å². The first-order valence-electron chi connectivity index (χ1n) is 9.53. The second-order valence-electron chi connectivity index (χ2n) is 9.07. The summed E-state index contributed by atoms with van der Waals surface area (Å²) in [7, 11) is 0. The molecular formula is C21H32O3. The SMILES string of the molecule is C/C1=C\CC[C@@]2(C)O[C@]2(C)C(=O)[C@@H]2CC[C@@H](C)[C@@](C)(CC1)[C@@H]2C=O. The maximum atomic E-state index is 13.3. The van der Waals surface area contributed by atoms with Crippen LogP contribution in [0.4, 0.5) is 0 Å². The number of ketones is 1. The summed E-state index contributed by atoms with van der Waals surface area (Å²) in [6.07, 6.45) is 9.04. The van der Waals surface area contributed by atoms with E-state index in [0.717, 1.165) is 44.8 Å². The average Bonchev–Trinajstić information content (AvgIpc) is 3.09. The van der Waals surface area contributed by atoms with Gasteiger partial charge >= 0.3 is 0 Å². The van der Waals surface area contributed by atoms with E-state index in [4.69, 9.17) is 4.74 Å². The van der Waals surface area contributed by atoms with Gasteiger partial charge in [-0.3, -0.25) is 4.79 Å². The number of hydrogen-bond acceptors (Lipinski definition) is 3. The van der Waals surface area contributed by atoms with Gasteiger partial charge in [0.05, 0.1) is 0 Å². The standard InChI is InChI=1S/C21H32O3/c1-14-7-6-11-20(4)21(5,24-20)18(23)16-9-8-15(2)19(3,12-10-14)17(16)13-22/h7,13,15-17H,6,8-12H2,1-5H3/b14-7+/t15-,16-,17-,19-,20-,21-/m1/s1. The Morgan fingerprint density at radius 2 is 1.92 bits per heavy atom. The van der Waals surface area contributed by atoms with Crippen molar-refractivity contribution in [3.8, 4) is 0 Å². The predicted molar refractivity (Wildman–Crippen MR) is 94.7 cm³/mol. The molecule has 1 heterocycles. The Kier molecular flexibility index (Phi) is 4.31. The lowest BCUT2D eigenvalue weighted by Crippen LogP contribution is -2.49. The lowest BCUT2D eigenvalue weighted by Gasteiger charge is -2.48. The van der Waals surface area contributed by atoms with E-state index >= 15 is 0 Å². The molecule has 1 aliphatic heterocycles. The zero-order chi connectivity index (χ0) is 17.8. The number of ether oxygens (including phenoxy) is 1.